The van der Waals surface area contributed by atoms with Crippen LogP contribution in [-0.4, -0.2) is 93.8 Å². The average Bonchev–Trinajstić information content (AvgIpc) is 3.75. The molecule has 3 aliphatic heterocycles. The Bertz CT molecular complexity index is 1420. The van der Waals surface area contributed by atoms with Gasteiger partial charge in [-0.25, -0.2) is 13.2 Å². The highest BCUT2D eigenvalue weighted by Gasteiger charge is 2.44. The maximum atomic E-state index is 14.2. The van der Waals surface area contributed by atoms with E-state index in [4.69, 9.17) is 23.7 Å². The summed E-state index contributed by atoms with van der Waals surface area (Å²) in [6.45, 7) is 9.45. The van der Waals surface area contributed by atoms with E-state index in [9.17, 15) is 18.3 Å². The Morgan fingerprint density at radius 3 is 2.53 bits per heavy atom. The van der Waals surface area contributed by atoms with Crippen molar-refractivity contribution in [3.05, 3.63) is 65.7 Å². The van der Waals surface area contributed by atoms with Crippen LogP contribution in [0, 0.1) is 18.3 Å². The molecule has 0 saturated carbocycles. The minimum Gasteiger partial charge on any atom is -0.443 e. The molecule has 0 spiro atoms. The third-order valence-corrected chi connectivity index (χ3v) is 10.9. The lowest BCUT2D eigenvalue weighted by Gasteiger charge is -2.36. The molecule has 5 atom stereocenters. The van der Waals surface area contributed by atoms with Gasteiger partial charge in [0.15, 0.2) is 12.1 Å². The molecular formula is C34H51N3O9S. The number of nitrogens with zero attached hydrogens (tertiary/aromatic N) is 1. The molecule has 12 nitrogen and oxygen atoms in total. The number of nitrogens with one attached hydrogen (secondary N) is 1. The van der Waals surface area contributed by atoms with E-state index in [2.05, 4.69) is 5.32 Å². The van der Waals surface area contributed by atoms with Gasteiger partial charge in [-0.15, -0.1) is 0 Å². The van der Waals surface area contributed by atoms with Gasteiger partial charge in [-0.1, -0.05) is 56.3 Å². The number of hydrogen-bond acceptors (Lipinski definition) is 10. The van der Waals surface area contributed by atoms with E-state index in [1.165, 1.54) is 4.31 Å². The molecule has 2 aromatic carbocycles. The summed E-state index contributed by atoms with van der Waals surface area (Å²) in [4.78, 5) is 13.4. The molecule has 4 unspecified atom stereocenters. The third kappa shape index (κ3) is 9.73. The number of fused-ring (bicyclic) bond motifs is 1. The second-order valence-corrected chi connectivity index (χ2v) is 15.5. The van der Waals surface area contributed by atoms with Gasteiger partial charge < -0.3 is 40.3 Å². The number of rotatable bonds is 14. The monoisotopic (exact) mass is 677 g/mol. The van der Waals surface area contributed by atoms with Crippen LogP contribution in [-0.2, 0) is 40.1 Å². The molecule has 3 aliphatic rings. The second kappa shape index (κ2) is 15.7. The molecule has 0 aliphatic carbocycles. The molecule has 3 fully saturated rings. The first-order valence-electron chi connectivity index (χ1n) is 16.1. The summed E-state index contributed by atoms with van der Waals surface area (Å²) in [5.41, 5.74) is 1.18. The molecule has 3 saturated heterocycles. The zero-order valence-corrected chi connectivity index (χ0v) is 28.7. The molecule has 5 rings (SSSR count). The van der Waals surface area contributed by atoms with Crippen molar-refractivity contribution in [1.82, 2.24) is 15.8 Å². The van der Waals surface area contributed by atoms with E-state index in [1.807, 2.05) is 64.1 Å². The Kier molecular flexibility index (Phi) is 12.5. The molecule has 13 heteroatoms. The molecule has 0 bridgehead atoms. The van der Waals surface area contributed by atoms with E-state index < -0.39 is 45.6 Å². The quantitative estimate of drug-likeness (QED) is 0.264. The summed E-state index contributed by atoms with van der Waals surface area (Å²) in [6, 6.07) is 15.3. The average molecular weight is 678 g/mol. The van der Waals surface area contributed by atoms with Crippen LogP contribution in [0.3, 0.4) is 0 Å². The second-order valence-electron chi connectivity index (χ2n) is 13.6. The van der Waals surface area contributed by atoms with E-state index in [0.717, 1.165) is 17.5 Å². The molecule has 2 aromatic rings. The van der Waals surface area contributed by atoms with Crippen LogP contribution in [0.5, 0.6) is 0 Å². The van der Waals surface area contributed by atoms with Crippen molar-refractivity contribution in [2.24, 2.45) is 11.3 Å². The van der Waals surface area contributed by atoms with Crippen LogP contribution in [0.1, 0.15) is 51.2 Å². The van der Waals surface area contributed by atoms with Gasteiger partial charge >= 0.3 is 6.09 Å². The van der Waals surface area contributed by atoms with Gasteiger partial charge in [-0.3, -0.25) is 0 Å². The summed E-state index contributed by atoms with van der Waals surface area (Å²) in [6.07, 6.45) is -0.587. The summed E-state index contributed by atoms with van der Waals surface area (Å²) < 4.78 is 58.2. The number of alkyl carbamates (subject to hydrolysis) is 1. The summed E-state index contributed by atoms with van der Waals surface area (Å²) >= 11 is 0. The van der Waals surface area contributed by atoms with Crippen molar-refractivity contribution in [3.63, 3.8) is 0 Å². The SMILES string of the molecule is Cc1cccc(S(=O)(=O)N(CC(O)[C@H](Cc2ccccc2)NC(=O)OC2COC3OCCC23)CC(C)(C)CCC2(C)OCCO2)c1.N. The largest absolute Gasteiger partial charge is 0.443 e. The lowest BCUT2D eigenvalue weighted by molar-refractivity contribution is -0.151. The number of carbonyl (C=O) groups is 1. The fourth-order valence-corrected chi connectivity index (χ4v) is 8.11. The first-order chi connectivity index (χ1) is 21.8. The van der Waals surface area contributed by atoms with Gasteiger partial charge in [0.05, 0.1) is 49.4 Å². The summed E-state index contributed by atoms with van der Waals surface area (Å²) in [5, 5.41) is 14.6. The smallest absolute Gasteiger partial charge is 0.407 e. The molecule has 262 valence electrons. The summed E-state index contributed by atoms with van der Waals surface area (Å²) in [5.74, 6) is -0.750. The Hall–Kier alpha value is -2.62. The fourth-order valence-electron chi connectivity index (χ4n) is 6.35. The highest BCUT2D eigenvalue weighted by atomic mass is 32.2. The highest BCUT2D eigenvalue weighted by Crippen LogP contribution is 2.34. The van der Waals surface area contributed by atoms with Gasteiger partial charge in [0.1, 0.15) is 6.10 Å². The number of carbonyl (C=O) groups excluding carboxylic acids is 1. The number of sulfonamides is 1. The minimum atomic E-state index is -4.03. The maximum absolute atomic E-state index is 14.2. The number of aliphatic hydroxyl groups excluding tert-OH is 1. The molecular weight excluding hydrogens is 626 g/mol. The van der Waals surface area contributed by atoms with Gasteiger partial charge in [0.25, 0.3) is 0 Å². The molecule has 5 N–H and O–H groups in total. The van der Waals surface area contributed by atoms with Crippen molar-refractivity contribution in [2.75, 3.05) is 39.5 Å². The van der Waals surface area contributed by atoms with E-state index in [0.29, 0.717) is 32.7 Å². The summed E-state index contributed by atoms with van der Waals surface area (Å²) in [7, 11) is -4.03. The van der Waals surface area contributed by atoms with E-state index in [1.54, 1.807) is 18.2 Å². The first-order valence-corrected chi connectivity index (χ1v) is 17.5. The van der Waals surface area contributed by atoms with Crippen molar-refractivity contribution < 1.29 is 42.0 Å². The van der Waals surface area contributed by atoms with E-state index >= 15 is 0 Å². The van der Waals surface area contributed by atoms with Crippen LogP contribution in [0.15, 0.2) is 59.5 Å². The van der Waals surface area contributed by atoms with Gasteiger partial charge in [0.2, 0.25) is 10.0 Å². The van der Waals surface area contributed by atoms with Crippen LogP contribution >= 0.6 is 0 Å². The highest BCUT2D eigenvalue weighted by molar-refractivity contribution is 7.89. The topological polar surface area (TPSA) is 168 Å². The fraction of sp³-hybridized carbons (Fsp3) is 0.618. The number of ether oxygens (including phenoxy) is 5. The van der Waals surface area contributed by atoms with Crippen LogP contribution < -0.4 is 11.5 Å². The van der Waals surface area contributed by atoms with Crippen molar-refractivity contribution in [1.29, 1.82) is 0 Å². The van der Waals surface area contributed by atoms with Gasteiger partial charge in [-0.2, -0.15) is 4.31 Å². The Morgan fingerprint density at radius 2 is 1.83 bits per heavy atom. The predicted octanol–water partition coefficient (Wildman–Crippen LogP) is 4.18. The Labute approximate surface area is 278 Å². The lowest BCUT2D eigenvalue weighted by atomic mass is 9.86. The van der Waals surface area contributed by atoms with Crippen LogP contribution in [0.4, 0.5) is 4.79 Å². The number of aryl methyl sites for hydroxylation is 1. The first kappa shape index (κ1) is 37.2. The number of aliphatic hydroxyl groups is 1. The third-order valence-electron chi connectivity index (χ3n) is 9.09. The number of benzene rings is 2. The zero-order valence-electron chi connectivity index (χ0n) is 27.9. The van der Waals surface area contributed by atoms with Crippen LogP contribution in [0.2, 0.25) is 0 Å². The molecule has 0 aromatic heterocycles. The zero-order chi connectivity index (χ0) is 33.0. The van der Waals surface area contributed by atoms with Gasteiger partial charge in [-0.05, 0) is 61.8 Å². The Balaban J connectivity index is 0.00000500. The molecule has 0 radical (unpaired) electrons. The number of amides is 1. The normalized spacial score (nSPS) is 23.6. The lowest BCUT2D eigenvalue weighted by Crippen LogP contribution is -2.52. The van der Waals surface area contributed by atoms with Crippen molar-refractivity contribution >= 4 is 16.1 Å². The van der Waals surface area contributed by atoms with E-state index in [-0.39, 0.29) is 49.4 Å². The Morgan fingerprint density at radius 1 is 1.11 bits per heavy atom. The molecule has 3 heterocycles. The van der Waals surface area contributed by atoms with Crippen molar-refractivity contribution in [3.8, 4) is 0 Å². The van der Waals surface area contributed by atoms with Gasteiger partial charge in [0, 0.05) is 19.5 Å². The predicted molar refractivity (Wildman–Crippen MR) is 175 cm³/mol. The standard InChI is InChI=1S/C34H48N2O9S.H3N/c1-24-9-8-12-26(19-24)46(39,40)36(23-33(2,3)14-15-34(4)43-17-18-44-34)21-29(37)28(20-25-10-6-5-7-11-25)35-32(38)45-30-22-42-31-27(30)13-16-41-31;/h5-12,19,27-31,37H,13-18,20-23H2,1-4H3,(H,35,38);1H3/t27?,28-,29?,30?,31?;/m0./s1. The molecule has 1 amide bonds. The van der Waals surface area contributed by atoms with Crippen molar-refractivity contribution in [2.45, 2.75) is 88.6 Å². The minimum absolute atomic E-state index is 0. The maximum Gasteiger partial charge on any atom is 0.407 e. The van der Waals surface area contributed by atoms with Crippen LogP contribution in [0.25, 0.3) is 0 Å². The number of hydrogen-bond donors (Lipinski definition) is 3. The molecule has 47 heavy (non-hydrogen) atoms.